The van der Waals surface area contributed by atoms with Gasteiger partial charge in [0.1, 0.15) is 25.0 Å². The molecule has 0 aliphatic carbocycles. The second-order valence-corrected chi connectivity index (χ2v) is 12.6. The van der Waals surface area contributed by atoms with E-state index < -0.39 is 11.4 Å². The smallest absolute Gasteiger partial charge is 0.242 e. The lowest BCUT2D eigenvalue weighted by Gasteiger charge is -2.36. The molecule has 46 heavy (non-hydrogen) atoms. The Morgan fingerprint density at radius 3 is 2.43 bits per heavy atom. The first-order valence-electron chi connectivity index (χ1n) is 14.8. The molecule has 0 spiro atoms. The standard InChI is InChI=1S/C20H19Cl2FN4O.C12H25NO3.CH2O/c1-11-20-12(5-14(21)7-15(20)22)3-4-27(11)19(28)10-26-18-8-17(25-2)13(9-24)6-16(18)23;1-11(2,3)16-10-7-12(15,6-9-14)5-8-13-4;1-2/h5-8,11,25-26H,3-4,10H2,1-2H3;9,13,15H,5-8,10H2,1-4H3;1H2. The first kappa shape index (κ1) is 40.8. The van der Waals surface area contributed by atoms with Crippen LogP contribution < -0.4 is 16.0 Å². The van der Waals surface area contributed by atoms with Gasteiger partial charge in [-0.2, -0.15) is 5.26 Å². The summed E-state index contributed by atoms with van der Waals surface area (Å²) < 4.78 is 19.8. The van der Waals surface area contributed by atoms with Crippen LogP contribution in [0.15, 0.2) is 24.3 Å². The zero-order valence-corrected chi connectivity index (χ0v) is 28.9. The van der Waals surface area contributed by atoms with Crippen LogP contribution in [-0.4, -0.2) is 80.5 Å². The van der Waals surface area contributed by atoms with Crippen molar-refractivity contribution in [3.8, 4) is 6.07 Å². The zero-order valence-electron chi connectivity index (χ0n) is 27.4. The van der Waals surface area contributed by atoms with Gasteiger partial charge < -0.3 is 40.3 Å². The van der Waals surface area contributed by atoms with Gasteiger partial charge in [0.05, 0.1) is 47.3 Å². The number of rotatable bonds is 12. The van der Waals surface area contributed by atoms with E-state index in [2.05, 4.69) is 16.0 Å². The number of fused-ring (bicyclic) bond motifs is 1. The van der Waals surface area contributed by atoms with Crippen molar-refractivity contribution in [2.75, 3.05) is 51.0 Å². The van der Waals surface area contributed by atoms with Gasteiger partial charge in [-0.1, -0.05) is 23.2 Å². The number of ether oxygens (including phenoxy) is 1. The Kier molecular flexibility index (Phi) is 17.2. The van der Waals surface area contributed by atoms with Gasteiger partial charge >= 0.3 is 0 Å². The largest absolute Gasteiger partial charge is 0.389 e. The lowest BCUT2D eigenvalue weighted by Crippen LogP contribution is -2.42. The van der Waals surface area contributed by atoms with Crippen molar-refractivity contribution in [2.24, 2.45) is 0 Å². The molecule has 0 saturated carbocycles. The van der Waals surface area contributed by atoms with Crippen LogP contribution >= 0.6 is 23.2 Å². The van der Waals surface area contributed by atoms with E-state index in [4.69, 9.17) is 38.0 Å². The minimum Gasteiger partial charge on any atom is -0.389 e. The Morgan fingerprint density at radius 1 is 1.20 bits per heavy atom. The topological polar surface area (TPSA) is 144 Å². The number of hydrogen-bond donors (Lipinski definition) is 4. The number of aliphatic hydroxyl groups is 1. The molecule has 0 bridgehead atoms. The fourth-order valence-electron chi connectivity index (χ4n) is 4.91. The maximum atomic E-state index is 14.2. The summed E-state index contributed by atoms with van der Waals surface area (Å²) in [4.78, 5) is 33.0. The molecular formula is C33H46Cl2FN5O5. The number of nitrogens with one attached hydrogen (secondary N) is 3. The van der Waals surface area contributed by atoms with Gasteiger partial charge in [0.15, 0.2) is 0 Å². The summed E-state index contributed by atoms with van der Waals surface area (Å²) in [5.74, 6) is -0.753. The van der Waals surface area contributed by atoms with Crippen molar-refractivity contribution in [1.82, 2.24) is 10.2 Å². The van der Waals surface area contributed by atoms with E-state index in [1.807, 2.05) is 53.7 Å². The van der Waals surface area contributed by atoms with Gasteiger partial charge in [0.2, 0.25) is 5.91 Å². The molecule has 1 heterocycles. The van der Waals surface area contributed by atoms with Gasteiger partial charge in [-0.25, -0.2) is 4.39 Å². The Labute approximate surface area is 281 Å². The van der Waals surface area contributed by atoms with Crippen molar-refractivity contribution >= 4 is 53.6 Å². The van der Waals surface area contributed by atoms with Gasteiger partial charge in [0.25, 0.3) is 0 Å². The van der Waals surface area contributed by atoms with E-state index in [1.54, 1.807) is 18.0 Å². The normalized spacial score (nSPS) is 15.1. The molecule has 2 unspecified atom stereocenters. The lowest BCUT2D eigenvalue weighted by molar-refractivity contribution is -0.131. The van der Waals surface area contributed by atoms with Crippen LogP contribution in [0.4, 0.5) is 15.8 Å². The average Bonchev–Trinajstić information content (AvgIpc) is 2.99. The highest BCUT2D eigenvalue weighted by Crippen LogP contribution is 2.37. The predicted molar refractivity (Wildman–Crippen MR) is 181 cm³/mol. The van der Waals surface area contributed by atoms with E-state index in [0.29, 0.717) is 54.7 Å². The molecule has 4 N–H and O–H groups in total. The van der Waals surface area contributed by atoms with Gasteiger partial charge in [-0.3, -0.25) is 4.79 Å². The van der Waals surface area contributed by atoms with Crippen molar-refractivity contribution < 1.29 is 28.6 Å². The fraction of sp³-hybridized carbons (Fsp3) is 0.515. The average molecular weight is 683 g/mol. The van der Waals surface area contributed by atoms with E-state index in [1.165, 1.54) is 6.07 Å². The quantitative estimate of drug-likeness (QED) is 0.212. The third-order valence-electron chi connectivity index (χ3n) is 7.34. The Morgan fingerprint density at radius 2 is 1.87 bits per heavy atom. The van der Waals surface area contributed by atoms with Crippen LogP contribution in [0.5, 0.6) is 0 Å². The fourth-order valence-corrected chi connectivity index (χ4v) is 5.61. The molecule has 10 nitrogen and oxygen atoms in total. The number of carbonyl (C=O) groups is 3. The zero-order chi connectivity index (χ0) is 35.1. The van der Waals surface area contributed by atoms with E-state index >= 15 is 0 Å². The summed E-state index contributed by atoms with van der Waals surface area (Å²) in [6.45, 7) is 11.5. The molecule has 1 aliphatic heterocycles. The predicted octanol–water partition coefficient (Wildman–Crippen LogP) is 5.54. The van der Waals surface area contributed by atoms with Crippen LogP contribution in [0, 0.1) is 17.1 Å². The van der Waals surface area contributed by atoms with Crippen molar-refractivity contribution in [1.29, 1.82) is 5.26 Å². The highest BCUT2D eigenvalue weighted by Gasteiger charge is 2.30. The minimum absolute atomic E-state index is 0.0726. The highest BCUT2D eigenvalue weighted by atomic mass is 35.5. The molecule has 0 saturated heterocycles. The number of amides is 1. The van der Waals surface area contributed by atoms with Crippen LogP contribution in [0.1, 0.15) is 69.7 Å². The van der Waals surface area contributed by atoms with Gasteiger partial charge in [0, 0.05) is 30.1 Å². The second-order valence-electron chi connectivity index (χ2n) is 11.7. The summed E-state index contributed by atoms with van der Waals surface area (Å²) in [5, 5.41) is 29.0. The lowest BCUT2D eigenvalue weighted by atomic mass is 9.92. The van der Waals surface area contributed by atoms with Crippen molar-refractivity contribution in [3.63, 3.8) is 0 Å². The maximum absolute atomic E-state index is 14.2. The summed E-state index contributed by atoms with van der Waals surface area (Å²) >= 11 is 12.4. The molecular weight excluding hydrogens is 636 g/mol. The number of benzene rings is 2. The molecule has 2 atom stereocenters. The monoisotopic (exact) mass is 681 g/mol. The summed E-state index contributed by atoms with van der Waals surface area (Å²) in [7, 11) is 3.47. The van der Waals surface area contributed by atoms with Crippen molar-refractivity contribution in [2.45, 2.75) is 70.6 Å². The van der Waals surface area contributed by atoms with Gasteiger partial charge in [-0.05, 0) is 95.9 Å². The molecule has 3 rings (SSSR count). The minimum atomic E-state index is -0.935. The molecule has 254 valence electrons. The number of hydrogen-bond acceptors (Lipinski definition) is 9. The number of aldehydes is 1. The molecule has 1 aliphatic rings. The van der Waals surface area contributed by atoms with Crippen LogP contribution in [0.25, 0.3) is 0 Å². The van der Waals surface area contributed by atoms with Crippen LogP contribution in [-0.2, 0) is 25.5 Å². The first-order chi connectivity index (χ1) is 21.7. The number of nitrogens with zero attached hydrogens (tertiary/aromatic N) is 2. The summed E-state index contributed by atoms with van der Waals surface area (Å²) in [5.41, 5.74) is 1.65. The van der Waals surface area contributed by atoms with E-state index in [0.717, 1.165) is 23.5 Å². The molecule has 2 aromatic carbocycles. The van der Waals surface area contributed by atoms with E-state index in [-0.39, 0.29) is 41.8 Å². The Balaban J connectivity index is 0.000000504. The number of anilines is 2. The highest BCUT2D eigenvalue weighted by molar-refractivity contribution is 6.35. The third-order valence-corrected chi connectivity index (χ3v) is 7.87. The SMILES string of the molecule is C=O.CNCCC(O)(CC=O)CCOC(C)(C)C.CNc1cc(NCC(=O)N2CCc3cc(Cl)cc(Cl)c3C2C)c(F)cc1C#N. The molecule has 1 amide bonds. The number of carbonyl (C=O) groups excluding carboxylic acids is 3. The Bertz CT molecular complexity index is 1350. The van der Waals surface area contributed by atoms with Gasteiger partial charge in [-0.15, -0.1) is 0 Å². The second kappa shape index (κ2) is 19.4. The Hall–Kier alpha value is -3.27. The molecule has 2 aromatic rings. The third kappa shape index (κ3) is 12.5. The molecule has 0 fully saturated rings. The van der Waals surface area contributed by atoms with Crippen molar-refractivity contribution in [3.05, 3.63) is 56.8 Å². The first-order valence-corrected chi connectivity index (χ1v) is 15.6. The maximum Gasteiger partial charge on any atom is 0.242 e. The number of nitriles is 1. The molecule has 0 aromatic heterocycles. The molecule has 0 radical (unpaired) electrons. The summed E-state index contributed by atoms with van der Waals surface area (Å²) in [6.07, 6.45) is 2.65. The molecule has 13 heteroatoms. The number of halogens is 3. The summed E-state index contributed by atoms with van der Waals surface area (Å²) in [6, 6.07) is 7.90. The van der Waals surface area contributed by atoms with Crippen LogP contribution in [0.3, 0.4) is 0 Å². The van der Waals surface area contributed by atoms with Crippen LogP contribution in [0.2, 0.25) is 10.0 Å². The van der Waals surface area contributed by atoms with E-state index in [9.17, 15) is 19.1 Å².